The normalized spacial score (nSPS) is 10.7. The molecular weight excluding hydrogens is 249 g/mol. The van der Waals surface area contributed by atoms with Gasteiger partial charge in [-0.3, -0.25) is 0 Å². The molecular formula is C11H15Cl2NO2. The van der Waals surface area contributed by atoms with Gasteiger partial charge in [-0.15, -0.1) is 0 Å². The number of halogens is 2. The molecule has 90 valence electrons. The summed E-state index contributed by atoms with van der Waals surface area (Å²) in [6.45, 7) is 2.41. The lowest BCUT2D eigenvalue weighted by Gasteiger charge is -2.07. The van der Waals surface area contributed by atoms with Gasteiger partial charge in [-0.25, -0.2) is 0 Å². The van der Waals surface area contributed by atoms with E-state index in [0.29, 0.717) is 29.8 Å². The molecule has 3 nitrogen and oxygen atoms in total. The van der Waals surface area contributed by atoms with Crippen LogP contribution in [0.2, 0.25) is 10.0 Å². The van der Waals surface area contributed by atoms with Crippen LogP contribution >= 0.6 is 23.2 Å². The van der Waals surface area contributed by atoms with E-state index in [1.807, 2.05) is 12.1 Å². The van der Waals surface area contributed by atoms with E-state index in [9.17, 15) is 0 Å². The summed E-state index contributed by atoms with van der Waals surface area (Å²) in [5.41, 5.74) is 1.01. The average molecular weight is 264 g/mol. The maximum atomic E-state index is 8.49. The Morgan fingerprint density at radius 1 is 1.25 bits per heavy atom. The number of rotatable bonds is 7. The van der Waals surface area contributed by atoms with Crippen LogP contribution in [0.5, 0.6) is 0 Å². The number of aliphatic hydroxyl groups is 1. The van der Waals surface area contributed by atoms with Gasteiger partial charge in [0.25, 0.3) is 0 Å². The largest absolute Gasteiger partial charge is 0.394 e. The standard InChI is InChI=1S/C11H15Cl2NO2/c12-10-2-1-9(11(13)7-10)8-14-3-5-16-6-4-15/h1-2,7,14-15H,3-6,8H2. The molecule has 0 saturated carbocycles. The molecule has 0 radical (unpaired) electrons. The Kier molecular flexibility index (Phi) is 6.76. The first-order valence-corrected chi connectivity index (χ1v) is 5.83. The molecule has 0 aliphatic heterocycles. The Labute approximate surface area is 105 Å². The second kappa shape index (κ2) is 7.87. The van der Waals surface area contributed by atoms with Crippen molar-refractivity contribution in [1.29, 1.82) is 0 Å². The van der Waals surface area contributed by atoms with Crippen LogP contribution in [0.4, 0.5) is 0 Å². The van der Waals surface area contributed by atoms with Crippen LogP contribution in [0, 0.1) is 0 Å². The van der Waals surface area contributed by atoms with Gasteiger partial charge in [-0.1, -0.05) is 29.3 Å². The minimum Gasteiger partial charge on any atom is -0.394 e. The third-order valence-electron chi connectivity index (χ3n) is 1.99. The molecule has 0 fully saturated rings. The van der Waals surface area contributed by atoms with Gasteiger partial charge in [-0.05, 0) is 17.7 Å². The molecule has 0 aliphatic carbocycles. The third-order valence-corrected chi connectivity index (χ3v) is 2.58. The third kappa shape index (κ3) is 5.14. The Bertz CT molecular complexity index is 321. The topological polar surface area (TPSA) is 41.5 Å². The molecule has 1 aromatic rings. The lowest BCUT2D eigenvalue weighted by Crippen LogP contribution is -2.20. The molecule has 1 rings (SSSR count). The van der Waals surface area contributed by atoms with E-state index in [-0.39, 0.29) is 6.61 Å². The van der Waals surface area contributed by atoms with Crippen molar-refractivity contribution >= 4 is 23.2 Å². The molecule has 0 spiro atoms. The molecule has 0 amide bonds. The van der Waals surface area contributed by atoms with Crippen molar-refractivity contribution in [3.8, 4) is 0 Å². The smallest absolute Gasteiger partial charge is 0.0698 e. The maximum Gasteiger partial charge on any atom is 0.0698 e. The Balaban J connectivity index is 2.21. The average Bonchev–Trinajstić information content (AvgIpc) is 2.26. The van der Waals surface area contributed by atoms with Crippen molar-refractivity contribution in [2.24, 2.45) is 0 Å². The molecule has 0 aliphatic rings. The van der Waals surface area contributed by atoms with Crippen LogP contribution in [0.1, 0.15) is 5.56 Å². The number of nitrogens with one attached hydrogen (secondary N) is 1. The Morgan fingerprint density at radius 2 is 2.06 bits per heavy atom. The van der Waals surface area contributed by atoms with Gasteiger partial charge in [0, 0.05) is 23.1 Å². The minimum atomic E-state index is 0.0585. The number of hydrogen-bond acceptors (Lipinski definition) is 3. The van der Waals surface area contributed by atoms with E-state index in [4.69, 9.17) is 33.0 Å². The zero-order chi connectivity index (χ0) is 11.8. The lowest BCUT2D eigenvalue weighted by atomic mass is 10.2. The van der Waals surface area contributed by atoms with Crippen LogP contribution < -0.4 is 5.32 Å². The SMILES string of the molecule is OCCOCCNCc1ccc(Cl)cc1Cl. The first-order valence-electron chi connectivity index (χ1n) is 5.07. The van der Waals surface area contributed by atoms with Gasteiger partial charge in [0.15, 0.2) is 0 Å². The zero-order valence-corrected chi connectivity index (χ0v) is 10.4. The quantitative estimate of drug-likeness (QED) is 0.741. The Hall–Kier alpha value is -0.320. The molecule has 0 saturated heterocycles. The highest BCUT2D eigenvalue weighted by Gasteiger charge is 2.00. The van der Waals surface area contributed by atoms with Crippen molar-refractivity contribution in [3.63, 3.8) is 0 Å². The maximum absolute atomic E-state index is 8.49. The number of benzene rings is 1. The first-order chi connectivity index (χ1) is 7.74. The fraction of sp³-hybridized carbons (Fsp3) is 0.455. The van der Waals surface area contributed by atoms with Gasteiger partial charge in [0.2, 0.25) is 0 Å². The van der Waals surface area contributed by atoms with E-state index in [1.165, 1.54) is 0 Å². The summed E-state index contributed by atoms with van der Waals surface area (Å²) in [5, 5.41) is 13.0. The van der Waals surface area contributed by atoms with E-state index < -0.39 is 0 Å². The summed E-state index contributed by atoms with van der Waals surface area (Å²) in [6.07, 6.45) is 0. The minimum absolute atomic E-state index is 0.0585. The monoisotopic (exact) mass is 263 g/mol. The van der Waals surface area contributed by atoms with Crippen molar-refractivity contribution in [1.82, 2.24) is 5.32 Å². The predicted molar refractivity (Wildman–Crippen MR) is 66.1 cm³/mol. The van der Waals surface area contributed by atoms with Gasteiger partial charge < -0.3 is 15.2 Å². The molecule has 1 aromatic carbocycles. The van der Waals surface area contributed by atoms with Crippen LogP contribution in [-0.4, -0.2) is 31.5 Å². The van der Waals surface area contributed by atoms with Crippen molar-refractivity contribution in [2.75, 3.05) is 26.4 Å². The molecule has 2 N–H and O–H groups in total. The van der Waals surface area contributed by atoms with Gasteiger partial charge in [0.05, 0.1) is 19.8 Å². The summed E-state index contributed by atoms with van der Waals surface area (Å²) in [5.74, 6) is 0. The van der Waals surface area contributed by atoms with Crippen molar-refractivity contribution in [2.45, 2.75) is 6.54 Å². The van der Waals surface area contributed by atoms with Crippen LogP contribution in [0.25, 0.3) is 0 Å². The van der Waals surface area contributed by atoms with Gasteiger partial charge >= 0.3 is 0 Å². The second-order valence-electron chi connectivity index (χ2n) is 3.25. The second-order valence-corrected chi connectivity index (χ2v) is 4.09. The van der Waals surface area contributed by atoms with Crippen LogP contribution in [-0.2, 0) is 11.3 Å². The summed E-state index contributed by atoms with van der Waals surface area (Å²) in [7, 11) is 0. The highest BCUT2D eigenvalue weighted by Crippen LogP contribution is 2.20. The number of ether oxygens (including phenoxy) is 1. The molecule has 16 heavy (non-hydrogen) atoms. The molecule has 0 bridgehead atoms. The highest BCUT2D eigenvalue weighted by atomic mass is 35.5. The lowest BCUT2D eigenvalue weighted by molar-refractivity contribution is 0.0938. The molecule has 5 heteroatoms. The zero-order valence-electron chi connectivity index (χ0n) is 8.88. The summed E-state index contributed by atoms with van der Waals surface area (Å²) >= 11 is 11.8. The van der Waals surface area contributed by atoms with Crippen LogP contribution in [0.3, 0.4) is 0 Å². The Morgan fingerprint density at radius 3 is 2.75 bits per heavy atom. The number of hydrogen-bond donors (Lipinski definition) is 2. The van der Waals surface area contributed by atoms with E-state index in [1.54, 1.807) is 6.07 Å². The molecule has 0 aromatic heterocycles. The van der Waals surface area contributed by atoms with Crippen molar-refractivity contribution in [3.05, 3.63) is 33.8 Å². The van der Waals surface area contributed by atoms with Crippen molar-refractivity contribution < 1.29 is 9.84 Å². The first kappa shape index (κ1) is 13.7. The van der Waals surface area contributed by atoms with Gasteiger partial charge in [-0.2, -0.15) is 0 Å². The molecule has 0 atom stereocenters. The van der Waals surface area contributed by atoms with Crippen LogP contribution in [0.15, 0.2) is 18.2 Å². The van der Waals surface area contributed by atoms with Gasteiger partial charge in [0.1, 0.15) is 0 Å². The van der Waals surface area contributed by atoms with E-state index in [2.05, 4.69) is 5.32 Å². The predicted octanol–water partition coefficient (Wildman–Crippen LogP) is 2.09. The summed E-state index contributed by atoms with van der Waals surface area (Å²) in [4.78, 5) is 0. The van der Waals surface area contributed by atoms with E-state index >= 15 is 0 Å². The summed E-state index contributed by atoms with van der Waals surface area (Å²) in [6, 6.07) is 5.43. The van der Waals surface area contributed by atoms with E-state index in [0.717, 1.165) is 12.1 Å². The number of aliphatic hydroxyl groups excluding tert-OH is 1. The highest BCUT2D eigenvalue weighted by molar-refractivity contribution is 6.35. The summed E-state index contributed by atoms with van der Waals surface area (Å²) < 4.78 is 5.10. The fourth-order valence-electron chi connectivity index (χ4n) is 1.20. The molecule has 0 unspecified atom stereocenters. The molecule has 0 heterocycles. The fourth-order valence-corrected chi connectivity index (χ4v) is 1.67.